The van der Waals surface area contributed by atoms with E-state index in [9.17, 15) is 13.2 Å². The molecule has 0 amide bonds. The average Bonchev–Trinajstić information content (AvgIpc) is 2.91. The summed E-state index contributed by atoms with van der Waals surface area (Å²) in [4.78, 5) is 3.70. The Balaban J connectivity index is 2.13. The largest absolute Gasteiger partial charge is 0.488 e. The molecule has 0 atom stereocenters. The first-order valence-electron chi connectivity index (χ1n) is 8.54. The van der Waals surface area contributed by atoms with E-state index in [0.717, 1.165) is 10.7 Å². The molecule has 0 saturated heterocycles. The highest BCUT2D eigenvalue weighted by Crippen LogP contribution is 2.43. The van der Waals surface area contributed by atoms with Gasteiger partial charge in [0.05, 0.1) is 16.3 Å². The van der Waals surface area contributed by atoms with Gasteiger partial charge in [-0.1, -0.05) is 23.7 Å². The van der Waals surface area contributed by atoms with Crippen molar-refractivity contribution in [3.8, 4) is 22.6 Å². The zero-order valence-electron chi connectivity index (χ0n) is 15.9. The molecule has 0 aliphatic carbocycles. The summed E-state index contributed by atoms with van der Waals surface area (Å²) in [6.07, 6.45) is -4.67. The van der Waals surface area contributed by atoms with Gasteiger partial charge in [0.15, 0.2) is 0 Å². The van der Waals surface area contributed by atoms with Crippen molar-refractivity contribution in [2.24, 2.45) is 0 Å². The number of hydrogen-bond acceptors (Lipinski definition) is 5. The summed E-state index contributed by atoms with van der Waals surface area (Å²) in [5.74, 6) is 0.224. The molecule has 0 aliphatic heterocycles. The second kappa shape index (κ2) is 7.14. The van der Waals surface area contributed by atoms with E-state index in [1.807, 2.05) is 20.8 Å². The van der Waals surface area contributed by atoms with Gasteiger partial charge in [-0.2, -0.15) is 22.8 Å². The molecule has 0 radical (unpaired) electrons. The lowest BCUT2D eigenvalue weighted by Crippen LogP contribution is -2.22. The Morgan fingerprint density at radius 3 is 2.14 bits per heavy atom. The van der Waals surface area contributed by atoms with Crippen LogP contribution in [0, 0.1) is 0 Å². The molecule has 0 spiro atoms. The van der Waals surface area contributed by atoms with E-state index >= 15 is 0 Å². The van der Waals surface area contributed by atoms with Gasteiger partial charge in [-0.25, -0.2) is 0 Å². The number of anilines is 2. The number of hydrogen-bond donors (Lipinski definition) is 2. The lowest BCUT2D eigenvalue weighted by molar-refractivity contribution is -0.137. The number of ether oxygens (including phenoxy) is 1. The van der Waals surface area contributed by atoms with Crippen molar-refractivity contribution in [3.63, 3.8) is 0 Å². The molecule has 10 heteroatoms. The molecule has 2 aromatic carbocycles. The molecule has 6 nitrogen and oxygen atoms in total. The molecule has 1 heterocycles. The summed E-state index contributed by atoms with van der Waals surface area (Å²) in [6, 6.07) is 8.49. The summed E-state index contributed by atoms with van der Waals surface area (Å²) in [6.45, 7) is 5.63. The van der Waals surface area contributed by atoms with Crippen molar-refractivity contribution in [2.45, 2.75) is 32.5 Å². The highest BCUT2D eigenvalue weighted by molar-refractivity contribution is 6.33. The fourth-order valence-electron chi connectivity index (χ4n) is 2.81. The molecule has 1 aromatic heterocycles. The van der Waals surface area contributed by atoms with Crippen LogP contribution in [0.4, 0.5) is 25.1 Å². The van der Waals surface area contributed by atoms with E-state index in [1.165, 1.54) is 18.2 Å². The second-order valence-corrected chi connectivity index (χ2v) is 7.73. The molecule has 3 aromatic rings. The summed E-state index contributed by atoms with van der Waals surface area (Å²) in [5.41, 5.74) is 9.91. The van der Waals surface area contributed by atoms with E-state index in [0.29, 0.717) is 11.3 Å². The molecule has 4 N–H and O–H groups in total. The number of nitrogens with zero attached hydrogens (tertiary/aromatic N) is 3. The van der Waals surface area contributed by atoms with Crippen molar-refractivity contribution in [2.75, 3.05) is 11.5 Å². The van der Waals surface area contributed by atoms with Crippen LogP contribution in [0.15, 0.2) is 36.4 Å². The van der Waals surface area contributed by atoms with Gasteiger partial charge in [0.25, 0.3) is 0 Å². The van der Waals surface area contributed by atoms with Crippen molar-refractivity contribution in [1.29, 1.82) is 0 Å². The Labute approximate surface area is 170 Å². The predicted molar refractivity (Wildman–Crippen MR) is 106 cm³/mol. The van der Waals surface area contributed by atoms with Gasteiger partial charge in [-0.05, 0) is 50.6 Å². The zero-order chi connectivity index (χ0) is 21.6. The van der Waals surface area contributed by atoms with E-state index in [4.69, 9.17) is 27.8 Å². The van der Waals surface area contributed by atoms with Crippen LogP contribution in [0.1, 0.15) is 26.3 Å². The number of benzene rings is 2. The van der Waals surface area contributed by atoms with Crippen LogP contribution in [0.3, 0.4) is 0 Å². The maximum atomic E-state index is 13.8. The molecule has 0 saturated carbocycles. The molecule has 0 fully saturated rings. The highest BCUT2D eigenvalue weighted by atomic mass is 35.5. The first kappa shape index (κ1) is 20.8. The maximum absolute atomic E-state index is 13.8. The van der Waals surface area contributed by atoms with Crippen molar-refractivity contribution < 1.29 is 17.9 Å². The number of nitrogens with two attached hydrogens (primary N) is 2. The standard InChI is InChI=1S/C19H19ClF3N5O/c1-18(2,3)29-12-6-4-10(5-7-12)15-13(19(21,22)23)8-11(9-14(15)20)28-17(25)26-16(24)27-28/h4-9H,1-3H3,(H4,24,25,26,27). The van der Waals surface area contributed by atoms with Gasteiger partial charge in [0, 0.05) is 5.56 Å². The SMILES string of the molecule is CC(C)(C)Oc1ccc(-c2c(Cl)cc(-n3nc(N)nc3N)cc2C(F)(F)F)cc1. The lowest BCUT2D eigenvalue weighted by Gasteiger charge is -2.22. The molecule has 0 bridgehead atoms. The van der Waals surface area contributed by atoms with Gasteiger partial charge in [0.2, 0.25) is 11.9 Å². The van der Waals surface area contributed by atoms with E-state index < -0.39 is 17.3 Å². The molecule has 29 heavy (non-hydrogen) atoms. The van der Waals surface area contributed by atoms with Crippen LogP contribution < -0.4 is 16.2 Å². The minimum atomic E-state index is -4.67. The maximum Gasteiger partial charge on any atom is 0.417 e. The molecule has 3 rings (SSSR count). The highest BCUT2D eigenvalue weighted by Gasteiger charge is 2.36. The van der Waals surface area contributed by atoms with Crippen molar-refractivity contribution >= 4 is 23.5 Å². The molecule has 154 valence electrons. The molecule has 0 unspecified atom stereocenters. The Morgan fingerprint density at radius 1 is 1.03 bits per heavy atom. The number of nitrogen functional groups attached to an aromatic ring is 2. The number of aromatic nitrogens is 3. The van der Waals surface area contributed by atoms with Crippen LogP contribution >= 0.6 is 11.6 Å². The third-order valence-corrected chi connectivity index (χ3v) is 4.14. The first-order valence-corrected chi connectivity index (χ1v) is 8.91. The summed E-state index contributed by atoms with van der Waals surface area (Å²) in [7, 11) is 0. The quantitative estimate of drug-likeness (QED) is 0.619. The minimum Gasteiger partial charge on any atom is -0.488 e. The third kappa shape index (κ3) is 4.56. The predicted octanol–water partition coefficient (Wildman–Crippen LogP) is 4.95. The van der Waals surface area contributed by atoms with Gasteiger partial charge in [0.1, 0.15) is 11.4 Å². The molecule has 0 aliphatic rings. The summed E-state index contributed by atoms with van der Waals surface area (Å²) in [5, 5.41) is 3.69. The van der Waals surface area contributed by atoms with Crippen molar-refractivity contribution in [3.05, 3.63) is 47.0 Å². The van der Waals surface area contributed by atoms with Gasteiger partial charge < -0.3 is 16.2 Å². The van der Waals surface area contributed by atoms with Gasteiger partial charge in [-0.3, -0.25) is 0 Å². The van der Waals surface area contributed by atoms with Crippen LogP contribution in [0.5, 0.6) is 5.75 Å². The fourth-order valence-corrected chi connectivity index (χ4v) is 3.13. The minimum absolute atomic E-state index is 0.000427. The van der Waals surface area contributed by atoms with Crippen LogP contribution in [-0.4, -0.2) is 20.4 Å². The fraction of sp³-hybridized carbons (Fsp3) is 0.263. The topological polar surface area (TPSA) is 92.0 Å². The lowest BCUT2D eigenvalue weighted by atomic mass is 9.98. The van der Waals surface area contributed by atoms with Crippen molar-refractivity contribution in [1.82, 2.24) is 14.8 Å². The number of rotatable bonds is 3. The number of alkyl halides is 3. The monoisotopic (exact) mass is 425 g/mol. The van der Waals surface area contributed by atoms with Gasteiger partial charge >= 0.3 is 6.18 Å². The Hall–Kier alpha value is -2.94. The second-order valence-electron chi connectivity index (χ2n) is 7.33. The number of halogens is 4. The van der Waals surface area contributed by atoms with E-state index in [-0.39, 0.29) is 28.2 Å². The smallest absolute Gasteiger partial charge is 0.417 e. The van der Waals surface area contributed by atoms with Crippen LogP contribution in [0.2, 0.25) is 5.02 Å². The third-order valence-electron chi connectivity index (χ3n) is 3.84. The van der Waals surface area contributed by atoms with E-state index in [1.54, 1.807) is 12.1 Å². The van der Waals surface area contributed by atoms with Gasteiger partial charge in [-0.15, -0.1) is 5.10 Å². The normalized spacial score (nSPS) is 12.2. The Morgan fingerprint density at radius 2 is 1.66 bits per heavy atom. The first-order chi connectivity index (χ1) is 13.3. The van der Waals surface area contributed by atoms with E-state index in [2.05, 4.69) is 10.1 Å². The average molecular weight is 426 g/mol. The summed E-state index contributed by atoms with van der Waals surface area (Å²) < 4.78 is 48.2. The summed E-state index contributed by atoms with van der Waals surface area (Å²) >= 11 is 6.27. The molecular weight excluding hydrogens is 407 g/mol. The zero-order valence-corrected chi connectivity index (χ0v) is 16.6. The Kier molecular flexibility index (Phi) is 5.12. The van der Waals surface area contributed by atoms with Crippen LogP contribution in [0.25, 0.3) is 16.8 Å². The molecular formula is C19H19ClF3N5O. The Bertz CT molecular complexity index is 1040. The van der Waals surface area contributed by atoms with Crippen LogP contribution in [-0.2, 0) is 6.18 Å².